The summed E-state index contributed by atoms with van der Waals surface area (Å²) >= 11 is 0. The molecule has 0 spiro atoms. The summed E-state index contributed by atoms with van der Waals surface area (Å²) in [5, 5.41) is 2.72. The molecule has 188 valence electrons. The van der Waals surface area contributed by atoms with Gasteiger partial charge < -0.3 is 16.0 Å². The fraction of sp³-hybridized carbons (Fsp3) is 0.429. The van der Waals surface area contributed by atoms with Gasteiger partial charge in [0.15, 0.2) is 5.82 Å². The molecule has 3 heterocycles. The number of piperidine rings is 1. The van der Waals surface area contributed by atoms with Crippen LogP contribution < -0.4 is 11.1 Å². The number of nitrogens with zero attached hydrogens (tertiary/aromatic N) is 6. The number of aromatic nitrogens is 4. The van der Waals surface area contributed by atoms with Crippen LogP contribution in [0.2, 0.25) is 0 Å². The quantitative estimate of drug-likeness (QED) is 0.357. The first kappa shape index (κ1) is 25.9. The van der Waals surface area contributed by atoms with Gasteiger partial charge in [0, 0.05) is 51.0 Å². The fourth-order valence-electron chi connectivity index (χ4n) is 3.73. The zero-order valence-corrected chi connectivity index (χ0v) is 18.8. The zero-order chi connectivity index (χ0) is 25.8. The van der Waals surface area contributed by atoms with Gasteiger partial charge in [0.2, 0.25) is 5.95 Å². The summed E-state index contributed by atoms with van der Waals surface area (Å²) < 4.78 is 67.1. The van der Waals surface area contributed by atoms with Crippen molar-refractivity contribution in [3.05, 3.63) is 47.9 Å². The van der Waals surface area contributed by atoms with Gasteiger partial charge in [0.05, 0.1) is 23.7 Å². The lowest BCUT2D eigenvalue weighted by molar-refractivity contribution is -0.148. The molecule has 14 heteroatoms. The average molecular weight is 498 g/mol. The van der Waals surface area contributed by atoms with E-state index in [-0.39, 0.29) is 29.6 Å². The van der Waals surface area contributed by atoms with Crippen LogP contribution >= 0.6 is 0 Å². The van der Waals surface area contributed by atoms with Crippen LogP contribution in [0.3, 0.4) is 0 Å². The van der Waals surface area contributed by atoms with E-state index in [1.165, 1.54) is 25.7 Å². The largest absolute Gasteiger partial charge is 0.419 e. The number of hydrogen-bond donors (Lipinski definition) is 2. The molecule has 0 saturated carbocycles. The fourth-order valence-corrected chi connectivity index (χ4v) is 3.73. The number of hydrogen-bond acceptors (Lipinski definition) is 8. The molecule has 1 unspecified atom stereocenters. The normalized spacial score (nSPS) is 21.1. The number of carbonyl (C=O) groups excluding carboxylic acids is 1. The van der Waals surface area contributed by atoms with E-state index in [1.54, 1.807) is 13.0 Å². The summed E-state index contributed by atoms with van der Waals surface area (Å²) in [6, 6.07) is 0.767. The second kappa shape index (κ2) is 10.3. The Morgan fingerprint density at radius 2 is 1.89 bits per heavy atom. The van der Waals surface area contributed by atoms with Crippen molar-refractivity contribution in [3.63, 3.8) is 0 Å². The molecule has 0 bridgehead atoms. The minimum atomic E-state index is -4.60. The number of alkyl halides is 5. The summed E-state index contributed by atoms with van der Waals surface area (Å²) in [4.78, 5) is 33.4. The third kappa shape index (κ3) is 6.25. The number of nitrogens with one attached hydrogen (secondary N) is 1. The van der Waals surface area contributed by atoms with Crippen LogP contribution in [0.25, 0.3) is 5.57 Å². The van der Waals surface area contributed by atoms with Crippen molar-refractivity contribution in [2.75, 3.05) is 25.5 Å². The molecule has 1 saturated heterocycles. The van der Waals surface area contributed by atoms with Gasteiger partial charge >= 0.3 is 6.18 Å². The number of carbonyl (C=O) groups is 1. The number of allylic oxidation sites excluding steroid dienone is 1. The highest BCUT2D eigenvalue weighted by molar-refractivity contribution is 6.17. The number of likely N-dealkylation sites (tertiary alicyclic amines) is 1. The van der Waals surface area contributed by atoms with E-state index in [0.29, 0.717) is 12.4 Å². The SMILES string of the molecule is CN=CC(=C(N)C(=O)N1CC(F)(F)C[C@@H](C)C1CNc1ncc(C(F)(F)F)cn1)c1ncccn1. The predicted octanol–water partition coefficient (Wildman–Crippen LogP) is 2.64. The maximum absolute atomic E-state index is 14.4. The highest BCUT2D eigenvalue weighted by Gasteiger charge is 2.46. The molecule has 1 aliphatic heterocycles. The summed E-state index contributed by atoms with van der Waals surface area (Å²) in [5.74, 6) is -4.78. The molecule has 2 atom stereocenters. The van der Waals surface area contributed by atoms with Crippen molar-refractivity contribution in [2.24, 2.45) is 16.6 Å². The predicted molar refractivity (Wildman–Crippen MR) is 117 cm³/mol. The Bertz CT molecular complexity index is 1090. The summed E-state index contributed by atoms with van der Waals surface area (Å²) in [5.41, 5.74) is 4.76. The first-order valence-corrected chi connectivity index (χ1v) is 10.4. The number of halogens is 5. The van der Waals surface area contributed by atoms with Gasteiger partial charge in [-0.25, -0.2) is 28.7 Å². The van der Waals surface area contributed by atoms with Gasteiger partial charge in [-0.2, -0.15) is 13.2 Å². The van der Waals surface area contributed by atoms with E-state index in [2.05, 4.69) is 30.2 Å². The number of rotatable bonds is 6. The van der Waals surface area contributed by atoms with Crippen LogP contribution in [-0.2, 0) is 11.0 Å². The van der Waals surface area contributed by atoms with E-state index in [9.17, 15) is 26.7 Å². The second-order valence-corrected chi connectivity index (χ2v) is 8.00. The number of aliphatic imine (C=N–C) groups is 1. The molecule has 35 heavy (non-hydrogen) atoms. The number of anilines is 1. The highest BCUT2D eigenvalue weighted by atomic mass is 19.4. The summed E-state index contributed by atoms with van der Waals surface area (Å²) in [7, 11) is 1.44. The molecule has 0 radical (unpaired) electrons. The third-order valence-corrected chi connectivity index (χ3v) is 5.37. The van der Waals surface area contributed by atoms with Gasteiger partial charge in [-0.3, -0.25) is 9.79 Å². The molecular formula is C21H23F5N8O. The van der Waals surface area contributed by atoms with E-state index in [0.717, 1.165) is 4.90 Å². The molecule has 1 amide bonds. The van der Waals surface area contributed by atoms with E-state index < -0.39 is 48.5 Å². The minimum absolute atomic E-state index is 0.0671. The molecular weight excluding hydrogens is 475 g/mol. The lowest BCUT2D eigenvalue weighted by atomic mass is 9.88. The molecule has 3 rings (SSSR count). The van der Waals surface area contributed by atoms with Crippen molar-refractivity contribution in [3.8, 4) is 0 Å². The van der Waals surface area contributed by atoms with Gasteiger partial charge in [0.25, 0.3) is 11.8 Å². The van der Waals surface area contributed by atoms with E-state index in [4.69, 9.17) is 5.73 Å². The van der Waals surface area contributed by atoms with Crippen LogP contribution in [0.1, 0.15) is 24.7 Å². The van der Waals surface area contributed by atoms with Gasteiger partial charge in [0.1, 0.15) is 5.70 Å². The highest BCUT2D eigenvalue weighted by Crippen LogP contribution is 2.35. The standard InChI is InChI=1S/C21H23F5N8O/c1-12-6-20(22,23)11-34(15(12)10-33-19-31-7-13(8-32-19)21(24,25)26)18(35)16(27)14(9-28-2)17-29-4-3-5-30-17/h3-5,7-9,12,15H,6,10-11,27H2,1-2H3,(H,31,32,33)/t12-,15?/m1/s1. The Morgan fingerprint density at radius 3 is 2.46 bits per heavy atom. The first-order chi connectivity index (χ1) is 16.4. The minimum Gasteiger partial charge on any atom is -0.394 e. The average Bonchev–Trinajstić information content (AvgIpc) is 2.80. The molecule has 0 aromatic carbocycles. The maximum atomic E-state index is 14.4. The Labute approximate surface area is 197 Å². The van der Waals surface area contributed by atoms with E-state index >= 15 is 0 Å². The summed E-state index contributed by atoms with van der Waals surface area (Å²) in [6.45, 7) is 0.548. The Hall–Kier alpha value is -3.71. The van der Waals surface area contributed by atoms with E-state index in [1.807, 2.05) is 0 Å². The smallest absolute Gasteiger partial charge is 0.394 e. The van der Waals surface area contributed by atoms with Crippen molar-refractivity contribution < 1.29 is 26.7 Å². The van der Waals surface area contributed by atoms with Crippen molar-refractivity contribution in [1.29, 1.82) is 0 Å². The van der Waals surface area contributed by atoms with Crippen LogP contribution in [0, 0.1) is 5.92 Å². The summed E-state index contributed by atoms with van der Waals surface area (Å²) in [6.07, 6.45) is 0.233. The first-order valence-electron chi connectivity index (χ1n) is 10.4. The van der Waals surface area contributed by atoms with Crippen LogP contribution in [0.4, 0.5) is 27.9 Å². The Balaban J connectivity index is 1.88. The van der Waals surface area contributed by atoms with Crippen LogP contribution in [0.15, 0.2) is 41.5 Å². The Kier molecular flexibility index (Phi) is 7.60. The lowest BCUT2D eigenvalue weighted by Crippen LogP contribution is -2.58. The van der Waals surface area contributed by atoms with Crippen molar-refractivity contribution in [2.45, 2.75) is 31.5 Å². The monoisotopic (exact) mass is 498 g/mol. The second-order valence-electron chi connectivity index (χ2n) is 8.00. The third-order valence-electron chi connectivity index (χ3n) is 5.37. The zero-order valence-electron chi connectivity index (χ0n) is 18.8. The Morgan fingerprint density at radius 1 is 1.26 bits per heavy atom. The van der Waals surface area contributed by atoms with Gasteiger partial charge in [-0.1, -0.05) is 6.92 Å². The molecule has 3 N–H and O–H groups in total. The topological polar surface area (TPSA) is 122 Å². The molecule has 9 nitrogen and oxygen atoms in total. The van der Waals surface area contributed by atoms with Crippen LogP contribution in [-0.4, -0.2) is 69.1 Å². The van der Waals surface area contributed by atoms with Crippen molar-refractivity contribution in [1.82, 2.24) is 24.8 Å². The maximum Gasteiger partial charge on any atom is 0.419 e. The van der Waals surface area contributed by atoms with Gasteiger partial charge in [-0.15, -0.1) is 0 Å². The van der Waals surface area contributed by atoms with Crippen LogP contribution in [0.5, 0.6) is 0 Å². The molecule has 1 fully saturated rings. The van der Waals surface area contributed by atoms with Crippen molar-refractivity contribution >= 4 is 23.6 Å². The molecule has 2 aromatic heterocycles. The number of nitrogens with two attached hydrogens (primary N) is 1. The molecule has 2 aromatic rings. The number of amides is 1. The van der Waals surface area contributed by atoms with Gasteiger partial charge in [-0.05, 0) is 12.0 Å². The lowest BCUT2D eigenvalue weighted by Gasteiger charge is -2.43. The molecule has 0 aliphatic carbocycles. The molecule has 1 aliphatic rings.